The number of hydrogen-bond acceptors (Lipinski definition) is 5. The van der Waals surface area contributed by atoms with E-state index in [1.165, 1.54) is 6.07 Å². The molecule has 2 heterocycles. The Labute approximate surface area is 164 Å². The third-order valence-corrected chi connectivity index (χ3v) is 6.56. The molecule has 7 nitrogen and oxygen atoms in total. The number of aromatic nitrogens is 1. The summed E-state index contributed by atoms with van der Waals surface area (Å²) in [4.78, 5) is 15.9. The molecule has 1 saturated carbocycles. The third-order valence-electron chi connectivity index (χ3n) is 5.17. The molecule has 0 saturated heterocycles. The number of benzene rings is 1. The number of amides is 1. The van der Waals surface area contributed by atoms with Crippen LogP contribution in [0.15, 0.2) is 41.4 Å². The molecule has 28 heavy (non-hydrogen) atoms. The molecular weight excluding hydrogens is 378 g/mol. The van der Waals surface area contributed by atoms with E-state index in [0.717, 1.165) is 31.2 Å². The van der Waals surface area contributed by atoms with E-state index in [9.17, 15) is 13.2 Å². The minimum Gasteiger partial charge on any atom is -0.474 e. The molecule has 0 spiro atoms. The Morgan fingerprint density at radius 2 is 2.00 bits per heavy atom. The molecule has 1 aliphatic heterocycles. The first-order chi connectivity index (χ1) is 13.5. The van der Waals surface area contributed by atoms with Gasteiger partial charge in [-0.15, -0.1) is 0 Å². The lowest BCUT2D eigenvalue weighted by Gasteiger charge is -2.18. The second-order valence-electron chi connectivity index (χ2n) is 7.18. The zero-order chi connectivity index (χ0) is 19.6. The molecule has 2 aliphatic rings. The molecular formula is C20H23N3O4S. The van der Waals surface area contributed by atoms with Gasteiger partial charge in [0.2, 0.25) is 21.8 Å². The number of pyridine rings is 1. The lowest BCUT2D eigenvalue weighted by atomic mass is 10.0. The summed E-state index contributed by atoms with van der Waals surface area (Å²) in [6, 6.07) is 8.36. The lowest BCUT2D eigenvalue weighted by Crippen LogP contribution is -2.25. The smallest absolute Gasteiger partial charge is 0.240 e. The average Bonchev–Trinajstić information content (AvgIpc) is 3.20. The van der Waals surface area contributed by atoms with E-state index in [2.05, 4.69) is 15.0 Å². The van der Waals surface area contributed by atoms with Crippen molar-refractivity contribution >= 4 is 21.6 Å². The Morgan fingerprint density at radius 3 is 2.82 bits per heavy atom. The molecule has 0 unspecified atom stereocenters. The Bertz CT molecular complexity index is 985. The van der Waals surface area contributed by atoms with Crippen LogP contribution in [0.2, 0.25) is 0 Å². The number of anilines is 1. The molecule has 2 aromatic rings. The van der Waals surface area contributed by atoms with E-state index in [0.29, 0.717) is 30.0 Å². The predicted octanol–water partition coefficient (Wildman–Crippen LogP) is 2.77. The zero-order valence-electron chi connectivity index (χ0n) is 15.5. The fourth-order valence-corrected chi connectivity index (χ4v) is 4.67. The van der Waals surface area contributed by atoms with Gasteiger partial charge in [-0.1, -0.05) is 6.07 Å². The number of nitrogens with zero attached hydrogens (tertiary/aromatic N) is 1. The molecule has 0 radical (unpaired) electrons. The SMILES string of the molecule is O=C1CCc2cc(S(=O)(=O)NCc3cccnc3OC3CCCC3)ccc2N1. The standard InChI is InChI=1S/C20H23N3O4S/c24-19-10-7-14-12-17(8-9-18(14)23-19)28(25,26)22-13-15-4-3-11-21-20(15)27-16-5-1-2-6-16/h3-4,8-9,11-12,16,22H,1-2,5-7,10,13H2,(H,23,24). The number of carbonyl (C=O) groups is 1. The summed E-state index contributed by atoms with van der Waals surface area (Å²) in [6.45, 7) is 0.103. The van der Waals surface area contributed by atoms with E-state index in [1.54, 1.807) is 24.4 Å². The summed E-state index contributed by atoms with van der Waals surface area (Å²) < 4.78 is 34.1. The summed E-state index contributed by atoms with van der Waals surface area (Å²) in [5, 5.41) is 2.76. The summed E-state index contributed by atoms with van der Waals surface area (Å²) >= 11 is 0. The minimum atomic E-state index is -3.70. The second kappa shape index (κ2) is 7.89. The molecule has 8 heteroatoms. The molecule has 1 aromatic carbocycles. The first-order valence-corrected chi connectivity index (χ1v) is 11.0. The molecule has 148 valence electrons. The van der Waals surface area contributed by atoms with Crippen molar-refractivity contribution in [1.82, 2.24) is 9.71 Å². The van der Waals surface area contributed by atoms with Gasteiger partial charge in [0, 0.05) is 30.4 Å². The highest BCUT2D eigenvalue weighted by Crippen LogP contribution is 2.27. The van der Waals surface area contributed by atoms with Gasteiger partial charge in [0.1, 0.15) is 6.10 Å². The molecule has 1 aliphatic carbocycles. The van der Waals surface area contributed by atoms with Crippen LogP contribution < -0.4 is 14.8 Å². The molecule has 1 fully saturated rings. The van der Waals surface area contributed by atoms with E-state index < -0.39 is 10.0 Å². The Balaban J connectivity index is 1.48. The van der Waals surface area contributed by atoms with Crippen molar-refractivity contribution in [3.8, 4) is 5.88 Å². The van der Waals surface area contributed by atoms with Gasteiger partial charge in [-0.25, -0.2) is 18.1 Å². The fraction of sp³-hybridized carbons (Fsp3) is 0.400. The normalized spacial score (nSPS) is 17.2. The van der Waals surface area contributed by atoms with Crippen molar-refractivity contribution in [1.29, 1.82) is 0 Å². The number of ether oxygens (including phenoxy) is 1. The van der Waals surface area contributed by atoms with Crippen LogP contribution in [0.4, 0.5) is 5.69 Å². The van der Waals surface area contributed by atoms with Crippen LogP contribution >= 0.6 is 0 Å². The maximum absolute atomic E-state index is 12.8. The number of nitrogens with one attached hydrogen (secondary N) is 2. The number of rotatable bonds is 6. The maximum Gasteiger partial charge on any atom is 0.240 e. The van der Waals surface area contributed by atoms with Gasteiger partial charge >= 0.3 is 0 Å². The second-order valence-corrected chi connectivity index (χ2v) is 8.95. The topological polar surface area (TPSA) is 97.4 Å². The predicted molar refractivity (Wildman–Crippen MR) is 105 cm³/mol. The van der Waals surface area contributed by atoms with Gasteiger partial charge in [-0.05, 0) is 61.9 Å². The number of fused-ring (bicyclic) bond motifs is 1. The highest BCUT2D eigenvalue weighted by atomic mass is 32.2. The van der Waals surface area contributed by atoms with E-state index >= 15 is 0 Å². The third kappa shape index (κ3) is 4.18. The van der Waals surface area contributed by atoms with Crippen LogP contribution in [0, 0.1) is 0 Å². The quantitative estimate of drug-likeness (QED) is 0.776. The summed E-state index contributed by atoms with van der Waals surface area (Å²) in [5.74, 6) is 0.442. The van der Waals surface area contributed by atoms with Crippen molar-refractivity contribution in [3.05, 3.63) is 47.7 Å². The fourth-order valence-electron chi connectivity index (χ4n) is 3.61. The van der Waals surface area contributed by atoms with Gasteiger partial charge in [0.05, 0.1) is 4.90 Å². The van der Waals surface area contributed by atoms with Gasteiger partial charge in [-0.2, -0.15) is 0 Å². The van der Waals surface area contributed by atoms with Crippen molar-refractivity contribution in [2.45, 2.75) is 56.1 Å². The molecule has 2 N–H and O–H groups in total. The minimum absolute atomic E-state index is 0.0485. The molecule has 4 rings (SSSR count). The monoisotopic (exact) mass is 401 g/mol. The van der Waals surface area contributed by atoms with Crippen LogP contribution in [-0.2, 0) is 27.8 Å². The number of hydrogen-bond donors (Lipinski definition) is 2. The molecule has 1 amide bonds. The van der Waals surface area contributed by atoms with E-state index in [1.807, 2.05) is 6.07 Å². The van der Waals surface area contributed by atoms with Crippen LogP contribution in [0.5, 0.6) is 5.88 Å². The number of aryl methyl sites for hydroxylation is 1. The van der Waals surface area contributed by atoms with Crippen molar-refractivity contribution in [3.63, 3.8) is 0 Å². The Kier molecular flexibility index (Phi) is 5.32. The summed E-state index contributed by atoms with van der Waals surface area (Å²) in [5.41, 5.74) is 2.21. The molecule has 0 bridgehead atoms. The van der Waals surface area contributed by atoms with Crippen LogP contribution in [0.1, 0.15) is 43.2 Å². The first-order valence-electron chi connectivity index (χ1n) is 9.54. The van der Waals surface area contributed by atoms with Gasteiger partial charge in [0.15, 0.2) is 0 Å². The van der Waals surface area contributed by atoms with Crippen LogP contribution in [-0.4, -0.2) is 25.4 Å². The van der Waals surface area contributed by atoms with Gasteiger partial charge in [0.25, 0.3) is 0 Å². The summed E-state index contributed by atoms with van der Waals surface area (Å²) in [7, 11) is -3.70. The zero-order valence-corrected chi connectivity index (χ0v) is 16.3. The largest absolute Gasteiger partial charge is 0.474 e. The lowest BCUT2D eigenvalue weighted by molar-refractivity contribution is -0.116. The number of sulfonamides is 1. The number of carbonyl (C=O) groups excluding carboxylic acids is 1. The van der Waals surface area contributed by atoms with Crippen molar-refractivity contribution < 1.29 is 17.9 Å². The van der Waals surface area contributed by atoms with E-state index in [-0.39, 0.29) is 23.5 Å². The Hall–Kier alpha value is -2.45. The van der Waals surface area contributed by atoms with Gasteiger partial charge in [-0.3, -0.25) is 4.79 Å². The highest BCUT2D eigenvalue weighted by Gasteiger charge is 2.22. The van der Waals surface area contributed by atoms with Gasteiger partial charge < -0.3 is 10.1 Å². The van der Waals surface area contributed by atoms with Crippen molar-refractivity contribution in [2.75, 3.05) is 5.32 Å². The van der Waals surface area contributed by atoms with Crippen LogP contribution in [0.25, 0.3) is 0 Å². The first kappa shape index (κ1) is 18.9. The molecule has 1 aromatic heterocycles. The summed E-state index contributed by atoms with van der Waals surface area (Å²) in [6.07, 6.45) is 7.02. The average molecular weight is 401 g/mol. The Morgan fingerprint density at radius 1 is 1.18 bits per heavy atom. The molecule has 0 atom stereocenters. The van der Waals surface area contributed by atoms with E-state index in [4.69, 9.17) is 4.74 Å². The van der Waals surface area contributed by atoms with Crippen molar-refractivity contribution in [2.24, 2.45) is 0 Å². The highest BCUT2D eigenvalue weighted by molar-refractivity contribution is 7.89. The van der Waals surface area contributed by atoms with Crippen LogP contribution in [0.3, 0.4) is 0 Å². The maximum atomic E-state index is 12.8.